The van der Waals surface area contributed by atoms with Gasteiger partial charge in [-0.3, -0.25) is 9.78 Å². The normalized spacial score (nSPS) is 13.2. The Labute approximate surface area is 235 Å². The molecule has 40 heavy (non-hydrogen) atoms. The molecule has 0 aliphatic rings. The number of carboxylic acid groups (broad SMARTS) is 1. The third kappa shape index (κ3) is 9.77. The number of ether oxygens (including phenoxy) is 1. The van der Waals surface area contributed by atoms with Crippen molar-refractivity contribution in [2.45, 2.75) is 89.8 Å². The maximum absolute atomic E-state index is 13.0. The summed E-state index contributed by atoms with van der Waals surface area (Å²) in [6.07, 6.45) is 2.61. The lowest BCUT2D eigenvalue weighted by atomic mass is 9.86. The zero-order valence-corrected chi connectivity index (χ0v) is 23.4. The highest BCUT2D eigenvalue weighted by Crippen LogP contribution is 2.37. The van der Waals surface area contributed by atoms with Crippen LogP contribution in [0.4, 0.5) is 13.2 Å². The molecule has 0 aliphatic heterocycles. The molecule has 7 heteroatoms. The Hall–Kier alpha value is -3.19. The van der Waals surface area contributed by atoms with Gasteiger partial charge in [0.05, 0.1) is 0 Å². The number of carboxylic acids is 1. The number of pyridine rings is 1. The van der Waals surface area contributed by atoms with Gasteiger partial charge in [-0.25, -0.2) is 0 Å². The SMILES string of the molecule is CCCCCCc1ccc(-c2cc(C(CCCC(=O)O)CCOC(C)C(F)(F)F)ccc2-c2ccccc2)cn1. The van der Waals surface area contributed by atoms with Crippen LogP contribution in [-0.2, 0) is 16.0 Å². The minimum atomic E-state index is -4.42. The Bertz CT molecular complexity index is 1180. The van der Waals surface area contributed by atoms with Gasteiger partial charge in [0.25, 0.3) is 0 Å². The fourth-order valence-corrected chi connectivity index (χ4v) is 4.85. The molecule has 0 amide bonds. The number of alkyl halides is 3. The smallest absolute Gasteiger partial charge is 0.414 e. The van der Waals surface area contributed by atoms with Crippen LogP contribution < -0.4 is 0 Å². The molecule has 2 aromatic carbocycles. The van der Waals surface area contributed by atoms with Crippen LogP contribution in [0.3, 0.4) is 0 Å². The van der Waals surface area contributed by atoms with E-state index >= 15 is 0 Å². The van der Waals surface area contributed by atoms with Crippen molar-refractivity contribution in [2.75, 3.05) is 6.61 Å². The van der Waals surface area contributed by atoms with Gasteiger partial charge < -0.3 is 9.84 Å². The van der Waals surface area contributed by atoms with Crippen molar-refractivity contribution in [1.82, 2.24) is 4.98 Å². The summed E-state index contributed by atoms with van der Waals surface area (Å²) in [6, 6.07) is 20.3. The number of rotatable bonds is 16. The molecule has 2 unspecified atom stereocenters. The number of unbranched alkanes of at least 4 members (excludes halogenated alkanes) is 3. The van der Waals surface area contributed by atoms with Crippen molar-refractivity contribution in [2.24, 2.45) is 0 Å². The standard InChI is InChI=1S/C33H40F3NO3/c1-3-4-5-9-14-29-18-16-28(23-37-29)31-22-27(17-19-30(31)26-11-7-6-8-12-26)25(13-10-15-32(38)39)20-21-40-24(2)33(34,35)36/h6-8,11-12,16-19,22-25H,3-5,9-10,13-15,20-21H2,1-2H3,(H,38,39). The second-order valence-corrected chi connectivity index (χ2v) is 10.3. The number of hydrogen-bond donors (Lipinski definition) is 1. The van der Waals surface area contributed by atoms with Crippen molar-refractivity contribution in [1.29, 1.82) is 0 Å². The average Bonchev–Trinajstić information content (AvgIpc) is 2.94. The quantitative estimate of drug-likeness (QED) is 0.179. The summed E-state index contributed by atoms with van der Waals surface area (Å²) in [5.74, 6) is -1.03. The molecule has 4 nitrogen and oxygen atoms in total. The first-order valence-corrected chi connectivity index (χ1v) is 14.2. The summed E-state index contributed by atoms with van der Waals surface area (Å²) in [5, 5.41) is 9.14. The minimum Gasteiger partial charge on any atom is -0.481 e. The molecule has 3 aromatic rings. The molecule has 0 spiro atoms. The van der Waals surface area contributed by atoms with Gasteiger partial charge in [-0.05, 0) is 73.3 Å². The van der Waals surface area contributed by atoms with Crippen LogP contribution in [0, 0.1) is 0 Å². The molecule has 0 radical (unpaired) electrons. The first kappa shape index (κ1) is 31.3. The Morgan fingerprint density at radius 1 is 0.925 bits per heavy atom. The largest absolute Gasteiger partial charge is 0.481 e. The third-order valence-electron chi connectivity index (χ3n) is 7.26. The van der Waals surface area contributed by atoms with Gasteiger partial charge in [0, 0.05) is 30.5 Å². The van der Waals surface area contributed by atoms with Gasteiger partial charge >= 0.3 is 12.1 Å². The van der Waals surface area contributed by atoms with E-state index in [1.165, 1.54) is 19.3 Å². The first-order chi connectivity index (χ1) is 19.2. The number of aliphatic carboxylic acids is 1. The number of benzene rings is 2. The molecule has 0 fully saturated rings. The Balaban J connectivity index is 1.90. The van der Waals surface area contributed by atoms with E-state index in [0.29, 0.717) is 19.3 Å². The second kappa shape index (κ2) is 15.6. The topological polar surface area (TPSA) is 59.4 Å². The number of carbonyl (C=O) groups is 1. The van der Waals surface area contributed by atoms with Crippen LogP contribution in [0.15, 0.2) is 66.9 Å². The van der Waals surface area contributed by atoms with Crippen LogP contribution in [0.25, 0.3) is 22.3 Å². The van der Waals surface area contributed by atoms with E-state index in [1.807, 2.05) is 48.7 Å². The number of aromatic nitrogens is 1. The van der Waals surface area contributed by atoms with Crippen LogP contribution in [0.1, 0.15) is 82.4 Å². The van der Waals surface area contributed by atoms with Crippen molar-refractivity contribution < 1.29 is 27.8 Å². The fraction of sp³-hybridized carbons (Fsp3) is 0.455. The fourth-order valence-electron chi connectivity index (χ4n) is 4.85. The van der Waals surface area contributed by atoms with Crippen LogP contribution in [-0.4, -0.2) is 34.9 Å². The molecule has 216 valence electrons. The lowest BCUT2D eigenvalue weighted by Crippen LogP contribution is -2.29. The third-order valence-corrected chi connectivity index (χ3v) is 7.26. The maximum atomic E-state index is 13.0. The molecule has 0 bridgehead atoms. The summed E-state index contributed by atoms with van der Waals surface area (Å²) < 4.78 is 44.0. The molecular weight excluding hydrogens is 515 g/mol. The van der Waals surface area contributed by atoms with E-state index < -0.39 is 18.2 Å². The van der Waals surface area contributed by atoms with E-state index in [2.05, 4.69) is 25.1 Å². The average molecular weight is 556 g/mol. The Morgan fingerprint density at radius 2 is 1.70 bits per heavy atom. The van der Waals surface area contributed by atoms with Crippen LogP contribution in [0.5, 0.6) is 0 Å². The molecule has 0 saturated carbocycles. The number of halogens is 3. The number of aryl methyl sites for hydroxylation is 1. The molecule has 3 rings (SSSR count). The molecular formula is C33H40F3NO3. The van der Waals surface area contributed by atoms with E-state index in [-0.39, 0.29) is 18.9 Å². The number of hydrogen-bond acceptors (Lipinski definition) is 3. The summed E-state index contributed by atoms with van der Waals surface area (Å²) in [5.41, 5.74) is 6.04. The molecule has 0 saturated heterocycles. The predicted octanol–water partition coefficient (Wildman–Crippen LogP) is 9.23. The maximum Gasteiger partial charge on any atom is 0.414 e. The minimum absolute atomic E-state index is 0.00883. The summed E-state index contributed by atoms with van der Waals surface area (Å²) in [6.45, 7) is 3.13. The van der Waals surface area contributed by atoms with Gasteiger partial charge in [-0.1, -0.05) is 80.8 Å². The van der Waals surface area contributed by atoms with E-state index in [1.54, 1.807) is 0 Å². The highest BCUT2D eigenvalue weighted by atomic mass is 19.4. The van der Waals surface area contributed by atoms with Gasteiger partial charge in [0.15, 0.2) is 6.10 Å². The van der Waals surface area contributed by atoms with Gasteiger partial charge in [0.1, 0.15) is 0 Å². The molecule has 1 heterocycles. The van der Waals surface area contributed by atoms with Crippen molar-refractivity contribution in [3.05, 3.63) is 78.1 Å². The molecule has 1 aromatic heterocycles. The second-order valence-electron chi connectivity index (χ2n) is 10.3. The van der Waals surface area contributed by atoms with Gasteiger partial charge in [0.2, 0.25) is 0 Å². The highest BCUT2D eigenvalue weighted by Gasteiger charge is 2.36. The first-order valence-electron chi connectivity index (χ1n) is 14.2. The van der Waals surface area contributed by atoms with Gasteiger partial charge in [-0.2, -0.15) is 13.2 Å². The van der Waals surface area contributed by atoms with E-state index in [4.69, 9.17) is 14.8 Å². The zero-order chi connectivity index (χ0) is 29.0. The monoisotopic (exact) mass is 555 g/mol. The summed E-state index contributed by atoms with van der Waals surface area (Å²) in [7, 11) is 0. The zero-order valence-electron chi connectivity index (χ0n) is 23.4. The number of nitrogens with zero attached hydrogens (tertiary/aromatic N) is 1. The lowest BCUT2D eigenvalue weighted by Gasteiger charge is -2.22. The van der Waals surface area contributed by atoms with Crippen LogP contribution >= 0.6 is 0 Å². The van der Waals surface area contributed by atoms with Gasteiger partial charge in [-0.15, -0.1) is 0 Å². The van der Waals surface area contributed by atoms with E-state index in [9.17, 15) is 18.0 Å². The van der Waals surface area contributed by atoms with Crippen LogP contribution in [0.2, 0.25) is 0 Å². The summed E-state index contributed by atoms with van der Waals surface area (Å²) >= 11 is 0. The molecule has 2 atom stereocenters. The Morgan fingerprint density at radius 3 is 2.35 bits per heavy atom. The van der Waals surface area contributed by atoms with Crippen molar-refractivity contribution in [3.8, 4) is 22.3 Å². The van der Waals surface area contributed by atoms with Crippen molar-refractivity contribution >= 4 is 5.97 Å². The lowest BCUT2D eigenvalue weighted by molar-refractivity contribution is -0.214. The Kier molecular flexibility index (Phi) is 12.2. The summed E-state index contributed by atoms with van der Waals surface area (Å²) in [4.78, 5) is 15.9. The van der Waals surface area contributed by atoms with Crippen molar-refractivity contribution in [3.63, 3.8) is 0 Å². The molecule has 0 aliphatic carbocycles. The van der Waals surface area contributed by atoms with E-state index in [0.717, 1.165) is 53.3 Å². The molecule has 1 N–H and O–H groups in total. The predicted molar refractivity (Wildman–Crippen MR) is 153 cm³/mol. The highest BCUT2D eigenvalue weighted by molar-refractivity contribution is 5.83.